The quantitative estimate of drug-likeness (QED) is 0.0347. The van der Waals surface area contributed by atoms with E-state index in [0.717, 1.165) is 63.7 Å². The van der Waals surface area contributed by atoms with Crippen LogP contribution in [0.3, 0.4) is 0 Å². The topological polar surface area (TPSA) is 78.9 Å². The van der Waals surface area contributed by atoms with Gasteiger partial charge in [0.15, 0.2) is 6.10 Å². The number of ether oxygens (including phenoxy) is 3. The van der Waals surface area contributed by atoms with Gasteiger partial charge in [0.1, 0.15) is 13.2 Å². The highest BCUT2D eigenvalue weighted by atomic mass is 16.6. The summed E-state index contributed by atoms with van der Waals surface area (Å²) in [5, 5.41) is 0. The maximum Gasteiger partial charge on any atom is 0.306 e. The zero-order valence-corrected chi connectivity index (χ0v) is 38.1. The van der Waals surface area contributed by atoms with E-state index in [0.29, 0.717) is 19.3 Å². The molecule has 0 saturated heterocycles. The Morgan fingerprint density at radius 2 is 0.625 bits per heavy atom. The zero-order chi connectivity index (χ0) is 41.0. The summed E-state index contributed by atoms with van der Waals surface area (Å²) in [5.74, 6) is -0.0370. The van der Waals surface area contributed by atoms with E-state index in [9.17, 15) is 14.4 Å². The summed E-state index contributed by atoms with van der Waals surface area (Å²) >= 11 is 0. The van der Waals surface area contributed by atoms with Gasteiger partial charge in [0.05, 0.1) is 0 Å². The Hall–Kier alpha value is -1.59. The summed E-state index contributed by atoms with van der Waals surface area (Å²) in [7, 11) is 0. The molecule has 0 aliphatic carbocycles. The fraction of sp³-hybridized carbons (Fsp3) is 0.940. The molecule has 0 N–H and O–H groups in total. The SMILES string of the molecule is CCCCCCCCCCCCCCCCCCCC(=O)O[C@H](COC(=O)CCCCCCCCCCCCC)COC(=O)CCCCCCCCC(C)CC. The van der Waals surface area contributed by atoms with Crippen LogP contribution in [0, 0.1) is 5.92 Å². The average molecular weight is 793 g/mol. The Labute approximate surface area is 348 Å². The van der Waals surface area contributed by atoms with Crippen molar-refractivity contribution in [1.82, 2.24) is 0 Å². The van der Waals surface area contributed by atoms with Gasteiger partial charge in [0.2, 0.25) is 0 Å². The van der Waals surface area contributed by atoms with E-state index >= 15 is 0 Å². The van der Waals surface area contributed by atoms with Crippen LogP contribution in [0.1, 0.15) is 278 Å². The van der Waals surface area contributed by atoms with E-state index in [4.69, 9.17) is 14.2 Å². The van der Waals surface area contributed by atoms with Gasteiger partial charge in [-0.15, -0.1) is 0 Å². The second-order valence-electron chi connectivity index (χ2n) is 17.3. The van der Waals surface area contributed by atoms with Crippen molar-refractivity contribution in [1.29, 1.82) is 0 Å². The summed E-state index contributed by atoms with van der Waals surface area (Å²) in [4.78, 5) is 37.8. The van der Waals surface area contributed by atoms with Crippen molar-refractivity contribution in [2.45, 2.75) is 284 Å². The molecule has 0 aliphatic heterocycles. The zero-order valence-electron chi connectivity index (χ0n) is 38.1. The third-order valence-electron chi connectivity index (χ3n) is 11.7. The second-order valence-corrected chi connectivity index (χ2v) is 17.3. The van der Waals surface area contributed by atoms with E-state index in [1.165, 1.54) is 173 Å². The Morgan fingerprint density at radius 1 is 0.357 bits per heavy atom. The molecule has 0 aromatic rings. The standard InChI is InChI=1S/C50H96O6/c1-5-8-10-12-14-16-18-19-20-21-22-23-25-27-29-35-39-43-50(53)56-47(45-55-49(52)42-38-34-31-30-32-36-40-46(4)7-3)44-54-48(51)41-37-33-28-26-24-17-15-13-11-9-6-2/h46-47H,5-45H2,1-4H3/t46?,47-/m1/s1. The van der Waals surface area contributed by atoms with Crippen molar-refractivity contribution >= 4 is 17.9 Å². The molecule has 0 bridgehead atoms. The summed E-state index contributed by atoms with van der Waals surface area (Å²) in [6, 6.07) is 0. The molecule has 0 saturated carbocycles. The Kier molecular flexibility index (Phi) is 43.2. The molecule has 0 heterocycles. The third-order valence-corrected chi connectivity index (χ3v) is 11.7. The van der Waals surface area contributed by atoms with Crippen molar-refractivity contribution in [3.63, 3.8) is 0 Å². The van der Waals surface area contributed by atoms with Gasteiger partial charge in [-0.25, -0.2) is 0 Å². The van der Waals surface area contributed by atoms with E-state index in [1.54, 1.807) is 0 Å². The van der Waals surface area contributed by atoms with E-state index in [-0.39, 0.29) is 31.1 Å². The summed E-state index contributed by atoms with van der Waals surface area (Å²) in [6.07, 6.45) is 45.2. The number of carbonyl (C=O) groups excluding carboxylic acids is 3. The predicted octanol–water partition coefficient (Wildman–Crippen LogP) is 15.9. The molecule has 0 spiro atoms. The van der Waals surface area contributed by atoms with Gasteiger partial charge in [-0.1, -0.05) is 240 Å². The molecule has 0 aliphatic rings. The van der Waals surface area contributed by atoms with Crippen LogP contribution in [-0.4, -0.2) is 37.2 Å². The van der Waals surface area contributed by atoms with Gasteiger partial charge in [-0.05, 0) is 25.2 Å². The Bertz CT molecular complexity index is 843. The van der Waals surface area contributed by atoms with E-state index < -0.39 is 6.10 Å². The van der Waals surface area contributed by atoms with Crippen LogP contribution in [0.25, 0.3) is 0 Å². The Morgan fingerprint density at radius 3 is 0.929 bits per heavy atom. The fourth-order valence-corrected chi connectivity index (χ4v) is 7.48. The molecule has 0 aromatic heterocycles. The van der Waals surface area contributed by atoms with Crippen molar-refractivity contribution in [2.75, 3.05) is 13.2 Å². The maximum absolute atomic E-state index is 12.8. The van der Waals surface area contributed by atoms with Crippen molar-refractivity contribution in [3.05, 3.63) is 0 Å². The van der Waals surface area contributed by atoms with Crippen LogP contribution in [0.5, 0.6) is 0 Å². The second kappa shape index (κ2) is 44.5. The van der Waals surface area contributed by atoms with Crippen LogP contribution in [0.15, 0.2) is 0 Å². The lowest BCUT2D eigenvalue weighted by Crippen LogP contribution is -2.30. The lowest BCUT2D eigenvalue weighted by atomic mass is 10.00. The first-order valence-corrected chi connectivity index (χ1v) is 24.9. The molecular weight excluding hydrogens is 697 g/mol. The van der Waals surface area contributed by atoms with Crippen molar-refractivity contribution < 1.29 is 28.6 Å². The van der Waals surface area contributed by atoms with E-state index in [2.05, 4.69) is 27.7 Å². The molecule has 0 aromatic carbocycles. The number of esters is 3. The highest BCUT2D eigenvalue weighted by molar-refractivity contribution is 5.71. The number of hydrogen-bond acceptors (Lipinski definition) is 6. The normalized spacial score (nSPS) is 12.4. The lowest BCUT2D eigenvalue weighted by molar-refractivity contribution is -0.167. The maximum atomic E-state index is 12.8. The highest BCUT2D eigenvalue weighted by Crippen LogP contribution is 2.17. The van der Waals surface area contributed by atoms with Crippen molar-refractivity contribution in [2.24, 2.45) is 5.92 Å². The molecule has 0 fully saturated rings. The molecule has 6 nitrogen and oxygen atoms in total. The average Bonchev–Trinajstić information content (AvgIpc) is 3.19. The first-order valence-electron chi connectivity index (χ1n) is 24.9. The van der Waals surface area contributed by atoms with Gasteiger partial charge in [0.25, 0.3) is 0 Å². The lowest BCUT2D eigenvalue weighted by Gasteiger charge is -2.18. The number of hydrogen-bond donors (Lipinski definition) is 0. The van der Waals surface area contributed by atoms with Crippen LogP contribution in [0.2, 0.25) is 0 Å². The summed E-state index contributed by atoms with van der Waals surface area (Å²) in [5.41, 5.74) is 0. The first-order chi connectivity index (χ1) is 27.4. The van der Waals surface area contributed by atoms with Crippen LogP contribution >= 0.6 is 0 Å². The largest absolute Gasteiger partial charge is 0.462 e. The number of carbonyl (C=O) groups is 3. The number of rotatable bonds is 45. The monoisotopic (exact) mass is 793 g/mol. The first kappa shape index (κ1) is 54.4. The highest BCUT2D eigenvalue weighted by Gasteiger charge is 2.19. The van der Waals surface area contributed by atoms with Crippen LogP contribution in [-0.2, 0) is 28.6 Å². The van der Waals surface area contributed by atoms with Crippen LogP contribution < -0.4 is 0 Å². The van der Waals surface area contributed by atoms with Gasteiger partial charge < -0.3 is 14.2 Å². The molecule has 1 unspecified atom stereocenters. The molecule has 6 heteroatoms. The Balaban J connectivity index is 4.28. The molecule has 0 radical (unpaired) electrons. The number of unbranched alkanes of at least 4 members (excludes halogenated alkanes) is 31. The van der Waals surface area contributed by atoms with Gasteiger partial charge in [-0.3, -0.25) is 14.4 Å². The minimum Gasteiger partial charge on any atom is -0.462 e. The summed E-state index contributed by atoms with van der Waals surface area (Å²) in [6.45, 7) is 8.98. The van der Waals surface area contributed by atoms with Gasteiger partial charge in [-0.2, -0.15) is 0 Å². The molecular formula is C50H96O6. The van der Waals surface area contributed by atoms with Gasteiger partial charge >= 0.3 is 17.9 Å². The van der Waals surface area contributed by atoms with Crippen molar-refractivity contribution in [3.8, 4) is 0 Å². The van der Waals surface area contributed by atoms with Gasteiger partial charge in [0, 0.05) is 19.3 Å². The minimum atomic E-state index is -0.760. The minimum absolute atomic E-state index is 0.0639. The van der Waals surface area contributed by atoms with Crippen LogP contribution in [0.4, 0.5) is 0 Å². The third kappa shape index (κ3) is 42.0. The molecule has 0 amide bonds. The molecule has 56 heavy (non-hydrogen) atoms. The fourth-order valence-electron chi connectivity index (χ4n) is 7.48. The predicted molar refractivity (Wildman–Crippen MR) is 238 cm³/mol. The van der Waals surface area contributed by atoms with E-state index in [1.807, 2.05) is 0 Å². The molecule has 2 atom stereocenters. The molecule has 332 valence electrons. The summed E-state index contributed by atoms with van der Waals surface area (Å²) < 4.78 is 16.8. The molecule has 0 rings (SSSR count). The smallest absolute Gasteiger partial charge is 0.306 e.